The second kappa shape index (κ2) is 9.07. The summed E-state index contributed by atoms with van der Waals surface area (Å²) in [6, 6.07) is 22.1. The van der Waals surface area contributed by atoms with E-state index in [-0.39, 0.29) is 19.0 Å². The molecular formula is C22H23O5P. The van der Waals surface area contributed by atoms with E-state index < -0.39 is 7.82 Å². The molecular weight excluding hydrogens is 375 g/mol. The standard InChI is InChI=1S/C22H23O5P/c1-3-25-28(24,26-4-2)27-22-16-19(17-11-7-5-8-12-17)21(23)15-20(22)18-13-9-6-10-14-18/h5-16,23H,3-4H2,1-2H3. The highest BCUT2D eigenvalue weighted by Crippen LogP contribution is 2.52. The lowest BCUT2D eigenvalue weighted by Crippen LogP contribution is -2.03. The van der Waals surface area contributed by atoms with E-state index in [9.17, 15) is 9.67 Å². The molecule has 3 aromatic rings. The van der Waals surface area contributed by atoms with Crippen LogP contribution in [0.4, 0.5) is 0 Å². The van der Waals surface area contributed by atoms with Crippen LogP contribution in [0.1, 0.15) is 13.8 Å². The van der Waals surface area contributed by atoms with E-state index in [2.05, 4.69) is 0 Å². The first-order chi connectivity index (χ1) is 13.6. The maximum absolute atomic E-state index is 13.0. The average molecular weight is 398 g/mol. The first-order valence-corrected chi connectivity index (χ1v) is 10.6. The Bertz CT molecular complexity index is 947. The lowest BCUT2D eigenvalue weighted by molar-refractivity contribution is 0.167. The number of hydrogen-bond acceptors (Lipinski definition) is 5. The minimum absolute atomic E-state index is 0.0973. The van der Waals surface area contributed by atoms with Gasteiger partial charge in [-0.1, -0.05) is 60.7 Å². The maximum Gasteiger partial charge on any atom is 0.530 e. The minimum Gasteiger partial charge on any atom is -0.507 e. The number of benzene rings is 3. The van der Waals surface area contributed by atoms with Crippen LogP contribution in [0.2, 0.25) is 0 Å². The molecule has 0 aliphatic rings. The van der Waals surface area contributed by atoms with E-state index in [0.717, 1.165) is 11.1 Å². The molecule has 1 N–H and O–H groups in total. The molecule has 3 aromatic carbocycles. The van der Waals surface area contributed by atoms with Gasteiger partial charge in [-0.05, 0) is 37.1 Å². The van der Waals surface area contributed by atoms with Gasteiger partial charge >= 0.3 is 7.82 Å². The Kier molecular flexibility index (Phi) is 6.53. The zero-order chi connectivity index (χ0) is 20.0. The van der Waals surface area contributed by atoms with Crippen molar-refractivity contribution < 1.29 is 23.2 Å². The third-order valence-electron chi connectivity index (χ3n) is 4.05. The zero-order valence-corrected chi connectivity index (χ0v) is 16.8. The molecule has 0 aliphatic heterocycles. The summed E-state index contributed by atoms with van der Waals surface area (Å²) in [6.45, 7) is 3.81. The van der Waals surface area contributed by atoms with Crippen molar-refractivity contribution in [3.8, 4) is 33.8 Å². The van der Waals surface area contributed by atoms with Crippen LogP contribution >= 0.6 is 7.82 Å². The van der Waals surface area contributed by atoms with Crippen molar-refractivity contribution in [2.24, 2.45) is 0 Å². The number of aromatic hydroxyl groups is 1. The van der Waals surface area contributed by atoms with Crippen molar-refractivity contribution in [2.75, 3.05) is 13.2 Å². The summed E-state index contributed by atoms with van der Waals surface area (Å²) in [5, 5.41) is 10.6. The molecule has 0 radical (unpaired) electrons. The van der Waals surface area contributed by atoms with Crippen LogP contribution < -0.4 is 4.52 Å². The normalized spacial score (nSPS) is 11.4. The predicted octanol–water partition coefficient (Wildman–Crippen LogP) is 6.29. The molecule has 0 atom stereocenters. The van der Waals surface area contributed by atoms with Crippen molar-refractivity contribution in [1.82, 2.24) is 0 Å². The lowest BCUT2D eigenvalue weighted by Gasteiger charge is -2.20. The van der Waals surface area contributed by atoms with Crippen LogP contribution in [0.15, 0.2) is 72.8 Å². The van der Waals surface area contributed by atoms with Crippen LogP contribution in [-0.2, 0) is 13.6 Å². The maximum atomic E-state index is 13.0. The molecule has 0 heterocycles. The van der Waals surface area contributed by atoms with E-state index in [1.165, 1.54) is 0 Å². The van der Waals surface area contributed by atoms with E-state index >= 15 is 0 Å². The fraction of sp³-hybridized carbons (Fsp3) is 0.182. The summed E-state index contributed by atoms with van der Waals surface area (Å²) >= 11 is 0. The fourth-order valence-corrected chi connectivity index (χ4v) is 4.07. The predicted molar refractivity (Wildman–Crippen MR) is 110 cm³/mol. The SMILES string of the molecule is CCOP(=O)(OCC)Oc1cc(-c2ccccc2)c(O)cc1-c1ccccc1. The van der Waals surface area contributed by atoms with Gasteiger partial charge < -0.3 is 9.63 Å². The first-order valence-electron chi connectivity index (χ1n) is 9.13. The Hall–Kier alpha value is -2.59. The number of phenolic OH excluding ortho intramolecular Hbond substituents is 1. The molecule has 0 saturated carbocycles. The van der Waals surface area contributed by atoms with Crippen molar-refractivity contribution in [3.63, 3.8) is 0 Å². The highest BCUT2D eigenvalue weighted by Gasteiger charge is 2.29. The van der Waals surface area contributed by atoms with Gasteiger partial charge in [0.1, 0.15) is 11.5 Å². The van der Waals surface area contributed by atoms with E-state index in [1.807, 2.05) is 60.7 Å². The Morgan fingerprint density at radius 3 is 1.79 bits per heavy atom. The quantitative estimate of drug-likeness (QED) is 0.452. The lowest BCUT2D eigenvalue weighted by atomic mass is 9.98. The van der Waals surface area contributed by atoms with Crippen LogP contribution in [-0.4, -0.2) is 18.3 Å². The van der Waals surface area contributed by atoms with Crippen molar-refractivity contribution in [1.29, 1.82) is 0 Å². The molecule has 28 heavy (non-hydrogen) atoms. The van der Waals surface area contributed by atoms with Gasteiger partial charge in [-0.3, -0.25) is 9.05 Å². The largest absolute Gasteiger partial charge is 0.530 e. The molecule has 146 valence electrons. The summed E-state index contributed by atoms with van der Waals surface area (Å²) in [6.07, 6.45) is 0. The van der Waals surface area contributed by atoms with Gasteiger partial charge in [-0.25, -0.2) is 4.57 Å². The third-order valence-corrected chi connectivity index (χ3v) is 5.62. The van der Waals surface area contributed by atoms with Gasteiger partial charge in [0.15, 0.2) is 0 Å². The van der Waals surface area contributed by atoms with E-state index in [4.69, 9.17) is 13.6 Å². The van der Waals surface area contributed by atoms with Gasteiger partial charge in [0.05, 0.1) is 13.2 Å². The Morgan fingerprint density at radius 1 is 0.786 bits per heavy atom. The van der Waals surface area contributed by atoms with Gasteiger partial charge in [0.2, 0.25) is 0 Å². The summed E-state index contributed by atoms with van der Waals surface area (Å²) in [5.41, 5.74) is 2.78. The molecule has 0 bridgehead atoms. The fourth-order valence-electron chi connectivity index (χ4n) is 2.86. The number of phosphoric ester groups is 1. The summed E-state index contributed by atoms with van der Waals surface area (Å²) in [7, 11) is -3.80. The summed E-state index contributed by atoms with van der Waals surface area (Å²) in [4.78, 5) is 0. The van der Waals surface area contributed by atoms with Crippen LogP contribution in [0.25, 0.3) is 22.3 Å². The highest BCUT2D eigenvalue weighted by molar-refractivity contribution is 7.48. The zero-order valence-electron chi connectivity index (χ0n) is 15.9. The van der Waals surface area contributed by atoms with Gasteiger partial charge in [0, 0.05) is 11.1 Å². The van der Waals surface area contributed by atoms with Gasteiger partial charge in [-0.2, -0.15) is 0 Å². The highest BCUT2D eigenvalue weighted by atomic mass is 31.2. The molecule has 5 nitrogen and oxygen atoms in total. The Labute approximate surface area is 165 Å². The molecule has 0 fully saturated rings. The molecule has 0 unspecified atom stereocenters. The Balaban J connectivity index is 2.15. The van der Waals surface area contributed by atoms with Crippen molar-refractivity contribution >= 4 is 7.82 Å². The molecule has 0 saturated heterocycles. The van der Waals surface area contributed by atoms with Crippen molar-refractivity contribution in [3.05, 3.63) is 72.8 Å². The molecule has 3 rings (SSSR count). The molecule has 0 amide bonds. The van der Waals surface area contributed by atoms with E-state index in [0.29, 0.717) is 16.9 Å². The summed E-state index contributed by atoms with van der Waals surface area (Å²) in [5.74, 6) is 0.410. The topological polar surface area (TPSA) is 65.0 Å². The van der Waals surface area contributed by atoms with Crippen molar-refractivity contribution in [2.45, 2.75) is 13.8 Å². The van der Waals surface area contributed by atoms with Crippen LogP contribution in [0.5, 0.6) is 11.5 Å². The smallest absolute Gasteiger partial charge is 0.507 e. The number of phenols is 1. The molecule has 0 aliphatic carbocycles. The first kappa shape index (κ1) is 20.2. The second-order valence-corrected chi connectivity index (χ2v) is 7.57. The molecule has 0 aromatic heterocycles. The third kappa shape index (κ3) is 4.63. The number of hydrogen-bond donors (Lipinski definition) is 1. The summed E-state index contributed by atoms with van der Waals surface area (Å²) < 4.78 is 29.3. The number of rotatable bonds is 8. The number of phosphoric acid groups is 1. The molecule has 0 spiro atoms. The van der Waals surface area contributed by atoms with Gasteiger partial charge in [0.25, 0.3) is 0 Å². The second-order valence-electron chi connectivity index (χ2n) is 5.97. The average Bonchev–Trinajstić information content (AvgIpc) is 2.70. The molecule has 6 heteroatoms. The monoisotopic (exact) mass is 398 g/mol. The van der Waals surface area contributed by atoms with Gasteiger partial charge in [-0.15, -0.1) is 0 Å². The Morgan fingerprint density at radius 2 is 1.29 bits per heavy atom. The van der Waals surface area contributed by atoms with E-state index in [1.54, 1.807) is 26.0 Å². The van der Waals surface area contributed by atoms with Crippen LogP contribution in [0, 0.1) is 0 Å². The van der Waals surface area contributed by atoms with Crippen LogP contribution in [0.3, 0.4) is 0 Å². The minimum atomic E-state index is -3.80.